The van der Waals surface area contributed by atoms with Crippen LogP contribution in [0.4, 0.5) is 5.69 Å². The van der Waals surface area contributed by atoms with Crippen molar-refractivity contribution < 1.29 is 25.8 Å². The van der Waals surface area contributed by atoms with Crippen molar-refractivity contribution in [3.8, 4) is 17.2 Å². The molecular weight excluding hydrogens is 1100 g/mol. The van der Waals surface area contributed by atoms with Gasteiger partial charge in [0, 0.05) is 40.1 Å². The molecule has 75 heavy (non-hydrogen) atoms. The van der Waals surface area contributed by atoms with Crippen LogP contribution < -0.4 is 9.64 Å². The Bertz CT molecular complexity index is 3370. The third-order valence-corrected chi connectivity index (χ3v) is 15.8. The number of pyridine rings is 1. The van der Waals surface area contributed by atoms with Crippen LogP contribution in [0.5, 0.6) is 11.5 Å². The van der Waals surface area contributed by atoms with Crippen LogP contribution in [0.1, 0.15) is 181 Å². The fraction of sp³-hybridized carbons (Fsp3) is 0.391. The smallest absolute Gasteiger partial charge is 0.503 e. The van der Waals surface area contributed by atoms with Crippen molar-refractivity contribution in [1.29, 1.82) is 0 Å². The number of rotatable bonds is 8. The summed E-state index contributed by atoms with van der Waals surface area (Å²) in [6, 6.07) is 55.0. The largest absolute Gasteiger partial charge is 2.00 e. The van der Waals surface area contributed by atoms with Crippen LogP contribution in [-0.4, -0.2) is 26.5 Å². The molecule has 0 amide bonds. The summed E-state index contributed by atoms with van der Waals surface area (Å²) < 4.78 is 9.50. The maximum Gasteiger partial charge on any atom is 2.00 e. The van der Waals surface area contributed by atoms with Gasteiger partial charge in [0.2, 0.25) is 0 Å². The van der Waals surface area contributed by atoms with Crippen LogP contribution in [0.2, 0.25) is 0 Å². The van der Waals surface area contributed by atoms with Gasteiger partial charge in [-0.2, -0.15) is 0 Å². The summed E-state index contributed by atoms with van der Waals surface area (Å²) in [7, 11) is 0. The number of aryl methyl sites for hydroxylation is 1. The molecule has 0 saturated heterocycles. The molecular formula is C69H80N4OPt. The van der Waals surface area contributed by atoms with Crippen LogP contribution in [0, 0.1) is 19.1 Å². The Labute approximate surface area is 464 Å². The van der Waals surface area contributed by atoms with Gasteiger partial charge in [0.15, 0.2) is 0 Å². The summed E-state index contributed by atoms with van der Waals surface area (Å²) >= 11 is 0. The second kappa shape index (κ2) is 19.4. The van der Waals surface area contributed by atoms with Crippen molar-refractivity contribution in [2.45, 2.75) is 176 Å². The van der Waals surface area contributed by atoms with E-state index in [9.17, 15) is 0 Å². The van der Waals surface area contributed by atoms with Crippen LogP contribution >= 0.6 is 0 Å². The van der Waals surface area contributed by atoms with Gasteiger partial charge in [0.1, 0.15) is 5.65 Å². The van der Waals surface area contributed by atoms with Gasteiger partial charge >= 0.3 is 21.1 Å². The molecule has 5 nitrogen and oxygen atoms in total. The van der Waals surface area contributed by atoms with Crippen molar-refractivity contribution >= 4 is 33.5 Å². The molecule has 1 atom stereocenters. The minimum Gasteiger partial charge on any atom is -0.503 e. The van der Waals surface area contributed by atoms with Gasteiger partial charge in [0.05, 0.1) is 22.4 Å². The first-order valence-electron chi connectivity index (χ1n) is 26.8. The molecule has 0 spiro atoms. The van der Waals surface area contributed by atoms with E-state index in [1.165, 1.54) is 33.2 Å². The molecule has 9 rings (SSSR count). The third-order valence-electron chi connectivity index (χ3n) is 15.8. The first-order valence-corrected chi connectivity index (χ1v) is 26.8. The maximum atomic E-state index is 7.24. The summed E-state index contributed by atoms with van der Waals surface area (Å²) in [5.74, 6) is 2.02. The molecule has 0 saturated carbocycles. The molecule has 0 fully saturated rings. The number of ether oxygens (including phenoxy) is 1. The second-order valence-electron chi connectivity index (χ2n) is 27.1. The summed E-state index contributed by atoms with van der Waals surface area (Å²) in [5.41, 5.74) is 12.6. The number of nitrogens with zero attached hydrogens (tertiary/aromatic N) is 4. The molecule has 2 aromatic heterocycles. The van der Waals surface area contributed by atoms with Crippen molar-refractivity contribution in [3.63, 3.8) is 0 Å². The Hall–Kier alpha value is -5.77. The number of amidine groups is 1. The number of benzene rings is 6. The standard InChI is InChI=1S/C69H80N4O.Pt/c1-44-32-58-57-41-48(63(2,3)4)30-31-59(57)72(62(58)70-43-44)53-36-52(67(14,15)16)40-56(42-53)74-55-34-47(33-49(39-55)64(5,6)7)61-71-68(17,18)69(19,60(45-26-22-20-23-27-45)46-28-24-21-25-29-46)73(61)54-37-50(65(8,9)10)35-51(38-54)66(11,12)13;/h20-33,35-41,43,60H,1-19H3;/q-2;+2/t69-;/m0./s1. The second-order valence-corrected chi connectivity index (χ2v) is 27.1. The monoisotopic (exact) mass is 1180 g/mol. The number of aromatic nitrogens is 2. The zero-order valence-electron chi connectivity index (χ0n) is 48.3. The Kier molecular flexibility index (Phi) is 14.3. The fourth-order valence-electron chi connectivity index (χ4n) is 10.8. The van der Waals surface area contributed by atoms with E-state index in [1.54, 1.807) is 0 Å². The number of hydrogen-bond donors (Lipinski definition) is 0. The van der Waals surface area contributed by atoms with E-state index in [4.69, 9.17) is 14.7 Å². The molecule has 0 N–H and O–H groups in total. The fourth-order valence-corrected chi connectivity index (χ4v) is 10.8. The normalized spacial score (nSPS) is 16.4. The van der Waals surface area contributed by atoms with Gasteiger partial charge in [-0.25, -0.2) is 4.98 Å². The summed E-state index contributed by atoms with van der Waals surface area (Å²) in [5, 5.41) is 2.30. The van der Waals surface area contributed by atoms with E-state index in [1.807, 2.05) is 6.20 Å². The zero-order chi connectivity index (χ0) is 53.7. The molecule has 8 aromatic rings. The Morgan fingerprint density at radius 1 is 0.520 bits per heavy atom. The Morgan fingerprint density at radius 3 is 1.53 bits per heavy atom. The summed E-state index contributed by atoms with van der Waals surface area (Å²) in [6.07, 6.45) is 1.97. The topological polar surface area (TPSA) is 42.6 Å². The van der Waals surface area contributed by atoms with Gasteiger partial charge in [-0.05, 0) is 118 Å². The quantitative estimate of drug-likeness (QED) is 0.142. The third kappa shape index (κ3) is 10.6. The number of fused-ring (bicyclic) bond motifs is 3. The molecule has 1 aliphatic rings. The first-order chi connectivity index (χ1) is 34.3. The predicted molar refractivity (Wildman–Crippen MR) is 314 cm³/mol. The SMILES string of the molecule is Cc1cnc2c(c1)c1cc(C(C)(C)C)ccc1n2-c1[c-]c(Oc2[c-]c(C3=NC(C)(C)[C@](C)(C(c4ccccc4)c4ccccc4)N3c3cc(C(C)(C)C)cc(C(C)(C)C)c3)cc(C(C)(C)C)c2)cc(C(C)(C)C)c1.[Pt+2]. The van der Waals surface area contributed by atoms with Crippen LogP contribution in [0.3, 0.4) is 0 Å². The molecule has 6 heteroatoms. The molecule has 6 aromatic carbocycles. The van der Waals surface area contributed by atoms with Gasteiger partial charge < -0.3 is 19.2 Å². The van der Waals surface area contributed by atoms with E-state index in [2.05, 4.69) is 281 Å². The van der Waals surface area contributed by atoms with Crippen molar-refractivity contribution in [3.05, 3.63) is 196 Å². The number of aliphatic imine (C=N–C) groups is 1. The summed E-state index contributed by atoms with van der Waals surface area (Å²) in [6.45, 7) is 43.5. The molecule has 0 bridgehead atoms. The van der Waals surface area contributed by atoms with E-state index >= 15 is 0 Å². The van der Waals surface area contributed by atoms with E-state index in [0.29, 0.717) is 11.5 Å². The van der Waals surface area contributed by atoms with Gasteiger partial charge in [0.25, 0.3) is 0 Å². The maximum absolute atomic E-state index is 7.24. The molecule has 0 radical (unpaired) electrons. The first kappa shape index (κ1) is 55.5. The summed E-state index contributed by atoms with van der Waals surface area (Å²) in [4.78, 5) is 13.6. The van der Waals surface area contributed by atoms with E-state index < -0.39 is 11.1 Å². The minimum atomic E-state index is -0.629. The molecule has 0 unspecified atom stereocenters. The predicted octanol–water partition coefficient (Wildman–Crippen LogP) is 18.0. The van der Waals surface area contributed by atoms with Crippen LogP contribution in [0.15, 0.2) is 139 Å². The Morgan fingerprint density at radius 2 is 1.01 bits per heavy atom. The van der Waals surface area contributed by atoms with E-state index in [-0.39, 0.29) is 54.1 Å². The molecule has 392 valence electrons. The minimum absolute atomic E-state index is 0. The zero-order valence-corrected chi connectivity index (χ0v) is 50.6. The molecule has 3 heterocycles. The van der Waals surface area contributed by atoms with Gasteiger partial charge in [-0.15, -0.1) is 41.0 Å². The van der Waals surface area contributed by atoms with Gasteiger partial charge in [-0.1, -0.05) is 194 Å². The Balaban J connectivity index is 0.00000747. The average molecular weight is 1180 g/mol. The number of anilines is 1. The van der Waals surface area contributed by atoms with Crippen LogP contribution in [-0.2, 0) is 48.1 Å². The van der Waals surface area contributed by atoms with Crippen molar-refractivity contribution in [1.82, 2.24) is 9.55 Å². The van der Waals surface area contributed by atoms with Crippen LogP contribution in [0.25, 0.3) is 27.6 Å². The van der Waals surface area contributed by atoms with E-state index in [0.717, 1.165) is 56.0 Å². The van der Waals surface area contributed by atoms with Crippen molar-refractivity contribution in [2.75, 3.05) is 4.90 Å². The van der Waals surface area contributed by atoms with Crippen molar-refractivity contribution in [2.24, 2.45) is 4.99 Å². The average Bonchev–Trinajstić information content (AvgIpc) is 3.74. The molecule has 0 aliphatic carbocycles. The molecule has 1 aliphatic heterocycles. The number of hydrogen-bond acceptors (Lipinski definition) is 4. The van der Waals surface area contributed by atoms with Gasteiger partial charge in [-0.3, -0.25) is 0 Å².